The Morgan fingerprint density at radius 1 is 0.957 bits per heavy atom. The molecule has 138 valence electrons. The minimum atomic E-state index is -4.39. The smallest absolute Gasteiger partial charge is 0.267 e. The average molecular weight is 356 g/mol. The van der Waals surface area contributed by atoms with Crippen molar-refractivity contribution in [2.24, 2.45) is 0 Å². The van der Waals surface area contributed by atoms with Gasteiger partial charge in [0.2, 0.25) is 0 Å². The van der Waals surface area contributed by atoms with E-state index in [0.717, 1.165) is 32.1 Å². The van der Waals surface area contributed by atoms with Gasteiger partial charge >= 0.3 is 0 Å². The standard InChI is InChI=1S/C14H28O8S/c1-2-3-4-5-6-7-8-21-14-13(17)12(16)11(15)10(22-14)9-23(18,19)20/h10-17H,2-9H2,1H3,(H,18,19,20)/t10-,11-,12+,13-,14+/m1/s1. The van der Waals surface area contributed by atoms with E-state index in [1.807, 2.05) is 0 Å². The van der Waals surface area contributed by atoms with Crippen molar-refractivity contribution in [3.05, 3.63) is 0 Å². The van der Waals surface area contributed by atoms with Crippen LogP contribution in [-0.2, 0) is 19.6 Å². The van der Waals surface area contributed by atoms with Gasteiger partial charge in [-0.1, -0.05) is 39.0 Å². The molecular formula is C14H28O8S. The van der Waals surface area contributed by atoms with Crippen LogP contribution in [0.5, 0.6) is 0 Å². The maximum absolute atomic E-state index is 10.9. The Bertz CT molecular complexity index is 426. The van der Waals surface area contributed by atoms with Crippen LogP contribution in [0.15, 0.2) is 0 Å². The van der Waals surface area contributed by atoms with Gasteiger partial charge in [-0.2, -0.15) is 8.42 Å². The minimum Gasteiger partial charge on any atom is -0.388 e. The van der Waals surface area contributed by atoms with Crippen molar-refractivity contribution in [3.8, 4) is 0 Å². The monoisotopic (exact) mass is 356 g/mol. The Balaban J connectivity index is 2.41. The van der Waals surface area contributed by atoms with Crippen LogP contribution in [0.2, 0.25) is 0 Å². The predicted molar refractivity (Wildman–Crippen MR) is 82.4 cm³/mol. The molecular weight excluding hydrogens is 328 g/mol. The van der Waals surface area contributed by atoms with Gasteiger partial charge in [0.05, 0.1) is 0 Å². The van der Waals surface area contributed by atoms with E-state index in [1.165, 1.54) is 6.42 Å². The fourth-order valence-electron chi connectivity index (χ4n) is 2.48. The summed E-state index contributed by atoms with van der Waals surface area (Å²) in [4.78, 5) is 0. The molecule has 0 bridgehead atoms. The zero-order valence-electron chi connectivity index (χ0n) is 13.4. The molecule has 1 rings (SSSR count). The maximum Gasteiger partial charge on any atom is 0.267 e. The lowest BCUT2D eigenvalue weighted by molar-refractivity contribution is -0.292. The van der Waals surface area contributed by atoms with Gasteiger partial charge in [0.15, 0.2) is 6.29 Å². The molecule has 9 heteroatoms. The molecule has 0 aromatic heterocycles. The first-order valence-corrected chi connectivity index (χ1v) is 9.63. The summed E-state index contributed by atoms with van der Waals surface area (Å²) in [7, 11) is -4.39. The van der Waals surface area contributed by atoms with Crippen LogP contribution in [0.1, 0.15) is 45.4 Å². The molecule has 0 aromatic rings. The summed E-state index contributed by atoms with van der Waals surface area (Å²) in [6.07, 6.45) is -1.03. The molecule has 0 aliphatic carbocycles. The average Bonchev–Trinajstić information content (AvgIpc) is 2.47. The molecule has 1 saturated heterocycles. The third-order valence-electron chi connectivity index (χ3n) is 3.82. The van der Waals surface area contributed by atoms with Gasteiger partial charge in [-0.25, -0.2) is 0 Å². The van der Waals surface area contributed by atoms with Gasteiger partial charge in [-0.15, -0.1) is 0 Å². The predicted octanol–water partition coefficient (Wildman–Crippen LogP) is 0.0589. The van der Waals surface area contributed by atoms with E-state index in [9.17, 15) is 23.7 Å². The topological polar surface area (TPSA) is 134 Å². The maximum atomic E-state index is 10.9. The lowest BCUT2D eigenvalue weighted by Gasteiger charge is -2.39. The van der Waals surface area contributed by atoms with Crippen molar-refractivity contribution in [1.29, 1.82) is 0 Å². The Morgan fingerprint density at radius 3 is 2.17 bits per heavy atom. The number of unbranched alkanes of at least 4 members (excludes halogenated alkanes) is 5. The van der Waals surface area contributed by atoms with Crippen molar-refractivity contribution in [2.45, 2.75) is 76.2 Å². The highest BCUT2D eigenvalue weighted by atomic mass is 32.2. The number of ether oxygens (including phenoxy) is 2. The number of hydrogen-bond donors (Lipinski definition) is 4. The lowest BCUT2D eigenvalue weighted by Crippen LogP contribution is -2.59. The van der Waals surface area contributed by atoms with Gasteiger partial charge in [0.1, 0.15) is 30.2 Å². The largest absolute Gasteiger partial charge is 0.388 e. The fraction of sp³-hybridized carbons (Fsp3) is 1.00. The molecule has 0 saturated carbocycles. The van der Waals surface area contributed by atoms with E-state index in [2.05, 4.69) is 6.92 Å². The van der Waals surface area contributed by atoms with Gasteiger partial charge < -0.3 is 24.8 Å². The molecule has 1 aliphatic rings. The first kappa shape index (κ1) is 20.8. The molecule has 23 heavy (non-hydrogen) atoms. The highest BCUT2D eigenvalue weighted by Crippen LogP contribution is 2.23. The van der Waals surface area contributed by atoms with Gasteiger partial charge in [-0.05, 0) is 6.42 Å². The normalized spacial score (nSPS) is 32.1. The van der Waals surface area contributed by atoms with E-state index in [0.29, 0.717) is 0 Å². The van der Waals surface area contributed by atoms with E-state index < -0.39 is 46.6 Å². The van der Waals surface area contributed by atoms with E-state index in [-0.39, 0.29) is 6.61 Å². The fourth-order valence-corrected chi connectivity index (χ4v) is 3.17. The Kier molecular flexibility index (Phi) is 8.91. The van der Waals surface area contributed by atoms with Crippen LogP contribution in [0.3, 0.4) is 0 Å². The molecule has 1 heterocycles. The first-order chi connectivity index (χ1) is 10.8. The van der Waals surface area contributed by atoms with Crippen molar-refractivity contribution in [2.75, 3.05) is 12.4 Å². The van der Waals surface area contributed by atoms with E-state index >= 15 is 0 Å². The molecule has 0 unspecified atom stereocenters. The lowest BCUT2D eigenvalue weighted by atomic mass is 10.00. The first-order valence-electron chi connectivity index (χ1n) is 8.02. The van der Waals surface area contributed by atoms with Crippen LogP contribution < -0.4 is 0 Å². The van der Waals surface area contributed by atoms with Crippen molar-refractivity contribution >= 4 is 10.1 Å². The summed E-state index contributed by atoms with van der Waals surface area (Å²) in [5.74, 6) is -0.880. The van der Waals surface area contributed by atoms with Gasteiger partial charge in [-0.3, -0.25) is 4.55 Å². The second-order valence-corrected chi connectivity index (χ2v) is 7.40. The molecule has 0 spiro atoms. The molecule has 0 radical (unpaired) electrons. The van der Waals surface area contributed by atoms with Crippen LogP contribution in [0, 0.1) is 0 Å². The number of aliphatic hydroxyl groups is 3. The van der Waals surface area contributed by atoms with Crippen LogP contribution in [0.25, 0.3) is 0 Å². The van der Waals surface area contributed by atoms with Crippen LogP contribution >= 0.6 is 0 Å². The summed E-state index contributed by atoms with van der Waals surface area (Å²) in [6.45, 7) is 2.42. The second kappa shape index (κ2) is 9.87. The third kappa shape index (κ3) is 7.42. The molecule has 0 aromatic carbocycles. The number of aliphatic hydroxyl groups excluding tert-OH is 3. The van der Waals surface area contributed by atoms with Crippen LogP contribution in [-0.4, -0.2) is 71.4 Å². The molecule has 4 N–H and O–H groups in total. The third-order valence-corrected chi connectivity index (χ3v) is 4.57. The highest BCUT2D eigenvalue weighted by molar-refractivity contribution is 7.85. The Labute approximate surface area is 137 Å². The Hall–Kier alpha value is -0.290. The van der Waals surface area contributed by atoms with Crippen molar-refractivity contribution in [3.63, 3.8) is 0 Å². The SMILES string of the molecule is CCCCCCCCO[C@H]1O[C@H](CS(=O)(=O)O)[C@@H](O)[C@H](O)[C@H]1O. The molecule has 5 atom stereocenters. The molecule has 0 amide bonds. The van der Waals surface area contributed by atoms with Crippen LogP contribution in [0.4, 0.5) is 0 Å². The second-order valence-electron chi connectivity index (χ2n) is 5.90. The highest BCUT2D eigenvalue weighted by Gasteiger charge is 2.45. The molecule has 1 aliphatic heterocycles. The van der Waals surface area contributed by atoms with E-state index in [4.69, 9.17) is 14.0 Å². The quantitative estimate of drug-likeness (QED) is 0.319. The van der Waals surface area contributed by atoms with E-state index in [1.54, 1.807) is 0 Å². The summed E-state index contributed by atoms with van der Waals surface area (Å²) in [5.41, 5.74) is 0. The molecule has 8 nitrogen and oxygen atoms in total. The number of hydrogen-bond acceptors (Lipinski definition) is 7. The zero-order chi connectivity index (χ0) is 17.5. The summed E-state index contributed by atoms with van der Waals surface area (Å²) in [6, 6.07) is 0. The van der Waals surface area contributed by atoms with Gasteiger partial charge in [0, 0.05) is 6.61 Å². The summed E-state index contributed by atoms with van der Waals surface area (Å²) >= 11 is 0. The summed E-state index contributed by atoms with van der Waals surface area (Å²) < 4.78 is 41.2. The molecule has 1 fully saturated rings. The number of rotatable bonds is 10. The zero-order valence-corrected chi connectivity index (χ0v) is 14.2. The van der Waals surface area contributed by atoms with Crippen molar-refractivity contribution in [1.82, 2.24) is 0 Å². The minimum absolute atomic E-state index is 0.287. The van der Waals surface area contributed by atoms with Gasteiger partial charge in [0.25, 0.3) is 10.1 Å². The van der Waals surface area contributed by atoms with Crippen molar-refractivity contribution < 1.29 is 37.8 Å². The summed E-state index contributed by atoms with van der Waals surface area (Å²) in [5, 5.41) is 29.3. The Morgan fingerprint density at radius 2 is 1.57 bits per heavy atom.